The Hall–Kier alpha value is -1.88. The van der Waals surface area contributed by atoms with Gasteiger partial charge in [-0.25, -0.2) is 4.98 Å². The van der Waals surface area contributed by atoms with Gasteiger partial charge in [0, 0.05) is 5.69 Å². The topological polar surface area (TPSA) is 161 Å². The van der Waals surface area contributed by atoms with Crippen LogP contribution in [0.25, 0.3) is 0 Å². The van der Waals surface area contributed by atoms with E-state index in [1.807, 2.05) is 13.8 Å². The zero-order valence-corrected chi connectivity index (χ0v) is 9.24. The van der Waals surface area contributed by atoms with Crippen molar-refractivity contribution in [2.24, 2.45) is 0 Å². The Morgan fingerprint density at radius 3 is 1.50 bits per heavy atom. The molecule has 93 valence electrons. The third-order valence-corrected chi connectivity index (χ3v) is 1.08. The predicted octanol–water partition coefficient (Wildman–Crippen LogP) is 0.546. The van der Waals surface area contributed by atoms with Crippen LogP contribution in [0.15, 0.2) is 6.33 Å². The maximum atomic E-state index is 8.25. The van der Waals surface area contributed by atoms with Crippen LogP contribution in [0.3, 0.4) is 0 Å². The fraction of sp³-hybridized carbons (Fsp3) is 0.400. The van der Waals surface area contributed by atoms with Crippen molar-refractivity contribution in [3.05, 3.63) is 48.4 Å². The van der Waals surface area contributed by atoms with Crippen molar-refractivity contribution in [1.29, 1.82) is 0 Å². The molecule has 0 aromatic carbocycles. The number of hydrogen-bond acceptors (Lipinski definition) is 7. The molecular weight excluding hydrogens is 271 g/mol. The molecule has 0 aliphatic heterocycles. The van der Waals surface area contributed by atoms with E-state index in [1.54, 1.807) is 6.33 Å². The third kappa shape index (κ3) is 22.7. The summed E-state index contributed by atoms with van der Waals surface area (Å²) in [4.78, 5) is 23.4. The van der Waals surface area contributed by atoms with Gasteiger partial charge in [0.2, 0.25) is 0 Å². The predicted molar refractivity (Wildman–Crippen MR) is 48.8 cm³/mol. The minimum atomic E-state index is -1.75. The van der Waals surface area contributed by atoms with Crippen LogP contribution in [0.4, 0.5) is 0 Å². The van der Waals surface area contributed by atoms with E-state index in [2.05, 4.69) is 9.97 Å². The Morgan fingerprint density at radius 2 is 1.44 bits per heavy atom. The minimum absolute atomic E-state index is 0. The molecule has 11 heteroatoms. The number of H-pyrrole nitrogens is 1. The first-order chi connectivity index (χ1) is 6.77. The molecule has 0 amide bonds. The minimum Gasteiger partial charge on any atom is -0.356 e. The molecule has 0 fully saturated rings. The van der Waals surface area contributed by atoms with Crippen LogP contribution in [0.2, 0.25) is 0 Å². The van der Waals surface area contributed by atoms with Gasteiger partial charge in [-0.1, -0.05) is 0 Å². The molecule has 0 atom stereocenters. The van der Waals surface area contributed by atoms with Gasteiger partial charge >= 0.3 is 16.8 Å². The molecule has 0 bridgehead atoms. The third-order valence-electron chi connectivity index (χ3n) is 1.08. The van der Waals surface area contributed by atoms with Crippen molar-refractivity contribution in [2.75, 3.05) is 0 Å². The number of aromatic amines is 1. The van der Waals surface area contributed by atoms with Gasteiger partial charge in [0.15, 0.2) is 0 Å². The molecule has 1 N–H and O–H groups in total. The molecule has 10 nitrogen and oxygen atoms in total. The normalized spacial score (nSPS) is 7.12. The number of nitrogens with one attached hydrogen (secondary N) is 1. The van der Waals surface area contributed by atoms with Gasteiger partial charge < -0.3 is 35.6 Å². The summed E-state index contributed by atoms with van der Waals surface area (Å²) in [6.45, 7) is 3.98. The van der Waals surface area contributed by atoms with Crippen molar-refractivity contribution < 1.29 is 27.0 Å². The summed E-state index contributed by atoms with van der Waals surface area (Å²) < 4.78 is 0. The molecule has 16 heavy (non-hydrogen) atoms. The average molecular weight is 279 g/mol. The summed E-state index contributed by atoms with van der Waals surface area (Å²) in [6, 6.07) is 0. The van der Waals surface area contributed by atoms with Crippen LogP contribution < -0.4 is 0 Å². The van der Waals surface area contributed by atoms with E-state index >= 15 is 0 Å². The molecule has 1 aromatic heterocycles. The zero-order chi connectivity index (χ0) is 12.4. The van der Waals surface area contributed by atoms with E-state index in [0.29, 0.717) is 0 Å². The van der Waals surface area contributed by atoms with Crippen molar-refractivity contribution in [2.45, 2.75) is 13.8 Å². The Balaban J connectivity index is -0.000000166. The first kappa shape index (κ1) is 19.7. The molecule has 0 aliphatic rings. The van der Waals surface area contributed by atoms with E-state index in [4.69, 9.17) is 30.6 Å². The quantitative estimate of drug-likeness (QED) is 0.535. The van der Waals surface area contributed by atoms with Crippen LogP contribution in [-0.2, 0) is 16.8 Å². The SMILES string of the molecule is Cc1nc[nH]c1C.O=[N+]([O-])[O-].O=[N+]([O-])[O-].[Co+2]. The van der Waals surface area contributed by atoms with E-state index in [-0.39, 0.29) is 16.8 Å². The van der Waals surface area contributed by atoms with Gasteiger partial charge in [0.1, 0.15) is 0 Å². The Morgan fingerprint density at radius 1 is 1.12 bits per heavy atom. The summed E-state index contributed by atoms with van der Waals surface area (Å²) in [7, 11) is 0. The van der Waals surface area contributed by atoms with Crippen LogP contribution in [0.5, 0.6) is 0 Å². The van der Waals surface area contributed by atoms with Crippen molar-refractivity contribution in [3.8, 4) is 0 Å². The summed E-state index contributed by atoms with van der Waals surface area (Å²) in [5.74, 6) is 0. The molecule has 0 saturated heterocycles. The van der Waals surface area contributed by atoms with E-state index in [1.165, 1.54) is 0 Å². The average Bonchev–Trinajstić information content (AvgIpc) is 2.33. The second-order valence-electron chi connectivity index (χ2n) is 2.06. The molecule has 0 aliphatic carbocycles. The molecule has 1 aromatic rings. The second kappa shape index (κ2) is 11.2. The van der Waals surface area contributed by atoms with E-state index < -0.39 is 10.2 Å². The summed E-state index contributed by atoms with van der Waals surface area (Å²) in [5, 5.41) is 29.5. The van der Waals surface area contributed by atoms with Gasteiger partial charge in [-0.15, -0.1) is 0 Å². The number of aromatic nitrogens is 2. The van der Waals surface area contributed by atoms with Crippen LogP contribution in [0, 0.1) is 44.5 Å². The van der Waals surface area contributed by atoms with Crippen LogP contribution >= 0.6 is 0 Å². The summed E-state index contributed by atoms with van der Waals surface area (Å²) in [6.07, 6.45) is 1.70. The van der Waals surface area contributed by atoms with Crippen LogP contribution in [0.1, 0.15) is 11.4 Å². The summed E-state index contributed by atoms with van der Waals surface area (Å²) >= 11 is 0. The monoisotopic (exact) mass is 279 g/mol. The number of hydrogen-bond donors (Lipinski definition) is 1. The number of imidazole rings is 1. The largest absolute Gasteiger partial charge is 2.00 e. The van der Waals surface area contributed by atoms with Crippen LogP contribution in [-0.4, -0.2) is 20.1 Å². The van der Waals surface area contributed by atoms with Crippen molar-refractivity contribution >= 4 is 0 Å². The first-order valence-electron chi connectivity index (χ1n) is 3.37. The molecule has 1 radical (unpaired) electrons. The molecule has 0 unspecified atom stereocenters. The molecule has 0 saturated carbocycles. The molecule has 0 spiro atoms. The fourth-order valence-corrected chi connectivity index (χ4v) is 0.427. The van der Waals surface area contributed by atoms with Gasteiger partial charge in [0.25, 0.3) is 0 Å². The molecule has 1 rings (SSSR count). The van der Waals surface area contributed by atoms with Gasteiger partial charge in [0.05, 0.1) is 22.2 Å². The molecular formula is C5H8CoN4O6. The van der Waals surface area contributed by atoms with E-state index in [9.17, 15) is 0 Å². The maximum Gasteiger partial charge on any atom is 2.00 e. The maximum absolute atomic E-state index is 8.25. The first-order valence-corrected chi connectivity index (χ1v) is 3.37. The van der Waals surface area contributed by atoms with Gasteiger partial charge in [-0.3, -0.25) is 0 Å². The fourth-order valence-electron chi connectivity index (χ4n) is 0.427. The molecule has 1 heterocycles. The number of aryl methyl sites for hydroxylation is 2. The van der Waals surface area contributed by atoms with Crippen molar-refractivity contribution in [3.63, 3.8) is 0 Å². The Kier molecular flexibility index (Phi) is 13.7. The smallest absolute Gasteiger partial charge is 0.356 e. The van der Waals surface area contributed by atoms with Gasteiger partial charge in [-0.05, 0) is 13.8 Å². The second-order valence-corrected chi connectivity index (χ2v) is 2.06. The Labute approximate surface area is 99.7 Å². The van der Waals surface area contributed by atoms with Gasteiger partial charge in [-0.2, -0.15) is 0 Å². The standard InChI is InChI=1S/C5H8N2.Co.2NO3/c1-4-5(2)7-3-6-4;;2*2-1(3)4/h3H,1-2H3,(H,6,7);;;/q;+2;2*-1. The van der Waals surface area contributed by atoms with Crippen molar-refractivity contribution in [1.82, 2.24) is 9.97 Å². The Bertz CT molecular complexity index is 279. The zero-order valence-electron chi connectivity index (χ0n) is 8.20. The van der Waals surface area contributed by atoms with E-state index in [0.717, 1.165) is 11.4 Å². The number of nitrogens with zero attached hydrogens (tertiary/aromatic N) is 3. The summed E-state index contributed by atoms with van der Waals surface area (Å²) in [5.41, 5.74) is 2.24. The number of rotatable bonds is 0.